The highest BCUT2D eigenvalue weighted by Gasteiger charge is 2.29. The molecule has 2 amide bonds. The van der Waals surface area contributed by atoms with Crippen molar-refractivity contribution in [3.05, 3.63) is 32.9 Å². The number of nitrogens with one attached hydrogen (secondary N) is 1. The minimum atomic E-state index is -0.887. The summed E-state index contributed by atoms with van der Waals surface area (Å²) in [6.45, 7) is 6.21. The number of hydrogen-bond donors (Lipinski definition) is 1. The smallest absolute Gasteiger partial charge is 0.410 e. The Morgan fingerprint density at radius 2 is 1.84 bits per heavy atom. The van der Waals surface area contributed by atoms with Gasteiger partial charge in [0.15, 0.2) is 5.82 Å². The number of halogens is 3. The molecule has 1 fully saturated rings. The highest BCUT2D eigenvalue weighted by atomic mass is 127. The van der Waals surface area contributed by atoms with Gasteiger partial charge in [-0.25, -0.2) is 13.6 Å². The molecule has 1 aromatic carbocycles. The number of likely N-dealkylation sites (tertiary alicyclic amines) is 1. The zero-order chi connectivity index (χ0) is 18.8. The second kappa shape index (κ2) is 7.84. The van der Waals surface area contributed by atoms with Crippen LogP contribution in [0, 0.1) is 15.2 Å². The zero-order valence-electron chi connectivity index (χ0n) is 14.4. The molecule has 2 rings (SSSR count). The van der Waals surface area contributed by atoms with Crippen molar-refractivity contribution in [1.29, 1.82) is 0 Å². The minimum absolute atomic E-state index is 0.184. The molecule has 0 bridgehead atoms. The number of rotatable bonds is 2. The van der Waals surface area contributed by atoms with Gasteiger partial charge in [-0.3, -0.25) is 4.79 Å². The van der Waals surface area contributed by atoms with Crippen molar-refractivity contribution < 1.29 is 23.1 Å². The number of piperidine rings is 1. The largest absolute Gasteiger partial charge is 0.444 e. The van der Waals surface area contributed by atoms with Gasteiger partial charge in [0, 0.05) is 22.7 Å². The lowest BCUT2D eigenvalue weighted by atomic mass is 10.0. The van der Waals surface area contributed by atoms with Crippen LogP contribution in [-0.2, 0) is 4.74 Å². The molecule has 0 aromatic heterocycles. The van der Waals surface area contributed by atoms with Crippen molar-refractivity contribution in [2.24, 2.45) is 0 Å². The number of carbonyl (C=O) groups is 2. The maximum Gasteiger partial charge on any atom is 0.410 e. The van der Waals surface area contributed by atoms with E-state index in [1.165, 1.54) is 6.07 Å². The first kappa shape index (κ1) is 19.9. The molecule has 1 aromatic rings. The first-order valence-electron chi connectivity index (χ1n) is 8.01. The summed E-state index contributed by atoms with van der Waals surface area (Å²) in [7, 11) is 0. The van der Waals surface area contributed by atoms with E-state index < -0.39 is 34.8 Å². The van der Waals surface area contributed by atoms with Crippen molar-refractivity contribution in [3.63, 3.8) is 0 Å². The molecule has 1 aliphatic heterocycles. The van der Waals surface area contributed by atoms with Crippen LogP contribution in [0.1, 0.15) is 44.0 Å². The van der Waals surface area contributed by atoms with Crippen LogP contribution in [0.3, 0.4) is 0 Å². The van der Waals surface area contributed by atoms with E-state index in [0.717, 1.165) is 6.07 Å². The van der Waals surface area contributed by atoms with Gasteiger partial charge in [-0.2, -0.15) is 0 Å². The molecule has 1 aliphatic rings. The number of benzene rings is 1. The van der Waals surface area contributed by atoms with Gasteiger partial charge >= 0.3 is 6.09 Å². The fraction of sp³-hybridized carbons (Fsp3) is 0.529. The maximum absolute atomic E-state index is 14.0. The number of nitrogens with zero attached hydrogens (tertiary/aromatic N) is 1. The van der Waals surface area contributed by atoms with E-state index in [-0.39, 0.29) is 9.61 Å². The van der Waals surface area contributed by atoms with E-state index >= 15 is 0 Å². The van der Waals surface area contributed by atoms with Gasteiger partial charge < -0.3 is 15.0 Å². The van der Waals surface area contributed by atoms with Crippen LogP contribution in [-0.4, -0.2) is 41.6 Å². The Morgan fingerprint density at radius 1 is 1.24 bits per heavy atom. The lowest BCUT2D eigenvalue weighted by molar-refractivity contribution is 0.0199. The van der Waals surface area contributed by atoms with Gasteiger partial charge in [0.1, 0.15) is 17.0 Å². The number of amides is 2. The van der Waals surface area contributed by atoms with E-state index in [0.29, 0.717) is 25.9 Å². The summed E-state index contributed by atoms with van der Waals surface area (Å²) in [5.41, 5.74) is -1.14. The van der Waals surface area contributed by atoms with Gasteiger partial charge in [0.2, 0.25) is 0 Å². The molecule has 0 aliphatic carbocycles. The van der Waals surface area contributed by atoms with Gasteiger partial charge in [-0.1, -0.05) is 0 Å². The van der Waals surface area contributed by atoms with Crippen LogP contribution < -0.4 is 5.32 Å². The average Bonchev–Trinajstić information content (AvgIpc) is 2.50. The molecule has 8 heteroatoms. The molecule has 138 valence electrons. The van der Waals surface area contributed by atoms with E-state index in [2.05, 4.69) is 5.32 Å². The third kappa shape index (κ3) is 5.26. The van der Waals surface area contributed by atoms with E-state index in [4.69, 9.17) is 4.74 Å². The standard InChI is InChI=1S/C17H21F2IN2O3/c1-17(2,3)25-16(24)22-8-6-10(7-9-22)21-15(23)13-11(18)4-5-12(20)14(13)19/h4-5,10H,6-9H2,1-3H3,(H,21,23). The molecule has 25 heavy (non-hydrogen) atoms. The Balaban J connectivity index is 1.93. The molecule has 1 heterocycles. The second-order valence-corrected chi connectivity index (χ2v) is 8.10. The number of hydrogen-bond acceptors (Lipinski definition) is 3. The topological polar surface area (TPSA) is 58.6 Å². The maximum atomic E-state index is 14.0. The first-order valence-corrected chi connectivity index (χ1v) is 9.08. The van der Waals surface area contributed by atoms with Crippen LogP contribution in [0.5, 0.6) is 0 Å². The van der Waals surface area contributed by atoms with E-state index in [1.807, 2.05) is 0 Å². The van der Waals surface area contributed by atoms with E-state index in [9.17, 15) is 18.4 Å². The van der Waals surface area contributed by atoms with Crippen molar-refractivity contribution in [2.45, 2.75) is 45.3 Å². The predicted octanol–water partition coefficient (Wildman–Crippen LogP) is 3.70. The normalized spacial score (nSPS) is 15.8. The number of carbonyl (C=O) groups excluding carboxylic acids is 2. The third-order valence-electron chi connectivity index (χ3n) is 3.75. The lowest BCUT2D eigenvalue weighted by Gasteiger charge is -2.33. The predicted molar refractivity (Wildman–Crippen MR) is 97.4 cm³/mol. The molecule has 0 atom stereocenters. The van der Waals surface area contributed by atoms with Crippen LogP contribution in [0.25, 0.3) is 0 Å². The fourth-order valence-electron chi connectivity index (χ4n) is 2.53. The van der Waals surface area contributed by atoms with Gasteiger partial charge in [0.05, 0.1) is 0 Å². The Morgan fingerprint density at radius 3 is 2.40 bits per heavy atom. The third-order valence-corrected chi connectivity index (χ3v) is 4.59. The second-order valence-electron chi connectivity index (χ2n) is 6.93. The van der Waals surface area contributed by atoms with Gasteiger partial charge in [0.25, 0.3) is 5.91 Å². The minimum Gasteiger partial charge on any atom is -0.444 e. The van der Waals surface area contributed by atoms with Crippen molar-refractivity contribution in [1.82, 2.24) is 10.2 Å². The molecule has 1 N–H and O–H groups in total. The molecule has 0 spiro atoms. The molecule has 0 unspecified atom stereocenters. The molecule has 5 nitrogen and oxygen atoms in total. The van der Waals surface area contributed by atoms with Crippen molar-refractivity contribution in [2.75, 3.05) is 13.1 Å². The summed E-state index contributed by atoms with van der Waals surface area (Å²) in [5.74, 6) is -2.52. The summed E-state index contributed by atoms with van der Waals surface area (Å²) >= 11 is 1.71. The number of ether oxygens (including phenoxy) is 1. The fourth-order valence-corrected chi connectivity index (χ4v) is 2.98. The van der Waals surface area contributed by atoms with Crippen LogP contribution in [0.4, 0.5) is 13.6 Å². The van der Waals surface area contributed by atoms with Gasteiger partial charge in [-0.05, 0) is 68.3 Å². The molecule has 0 radical (unpaired) electrons. The highest BCUT2D eigenvalue weighted by Crippen LogP contribution is 2.20. The van der Waals surface area contributed by atoms with Crippen molar-refractivity contribution in [3.8, 4) is 0 Å². The molecular weight excluding hydrogens is 445 g/mol. The lowest BCUT2D eigenvalue weighted by Crippen LogP contribution is -2.48. The van der Waals surface area contributed by atoms with E-state index in [1.54, 1.807) is 48.3 Å². The summed E-state index contributed by atoms with van der Waals surface area (Å²) in [6, 6.07) is 2.11. The van der Waals surface area contributed by atoms with Crippen LogP contribution in [0.2, 0.25) is 0 Å². The molecule has 1 saturated heterocycles. The molecule has 0 saturated carbocycles. The molecular formula is C17H21F2IN2O3. The summed E-state index contributed by atoms with van der Waals surface area (Å²) in [5, 5.41) is 2.65. The Kier molecular flexibility index (Phi) is 6.23. The van der Waals surface area contributed by atoms with Crippen molar-refractivity contribution >= 4 is 34.6 Å². The first-order chi connectivity index (χ1) is 11.6. The Bertz CT molecular complexity index is 669. The Labute approximate surface area is 159 Å². The highest BCUT2D eigenvalue weighted by molar-refractivity contribution is 14.1. The summed E-state index contributed by atoms with van der Waals surface area (Å²) < 4.78 is 33.3. The zero-order valence-corrected chi connectivity index (χ0v) is 16.5. The SMILES string of the molecule is CC(C)(C)OC(=O)N1CCC(NC(=O)c2c(F)ccc(I)c2F)CC1. The monoisotopic (exact) mass is 466 g/mol. The van der Waals surface area contributed by atoms with Crippen LogP contribution >= 0.6 is 22.6 Å². The summed E-state index contributed by atoms with van der Waals surface area (Å²) in [4.78, 5) is 25.8. The average molecular weight is 466 g/mol. The Hall–Kier alpha value is -1.45. The van der Waals surface area contributed by atoms with Crippen LogP contribution in [0.15, 0.2) is 12.1 Å². The quantitative estimate of drug-likeness (QED) is 0.535. The van der Waals surface area contributed by atoms with Gasteiger partial charge in [-0.15, -0.1) is 0 Å². The summed E-state index contributed by atoms with van der Waals surface area (Å²) in [6.07, 6.45) is 0.600.